The number of amides is 2. The fraction of sp³-hybridized carbons (Fsp3) is 0.308. The highest BCUT2D eigenvalue weighted by atomic mass is 16.5. The van der Waals surface area contributed by atoms with Crippen LogP contribution in [-0.2, 0) is 33.6 Å². The van der Waals surface area contributed by atoms with Gasteiger partial charge in [0.15, 0.2) is 0 Å². The Bertz CT molecular complexity index is 1670. The lowest BCUT2D eigenvalue weighted by Crippen LogP contribution is -2.56. The fourth-order valence-corrected chi connectivity index (χ4v) is 6.53. The number of Topliss-reactive ketones (excluding diaryl/α,β-unsaturated/α-hetero) is 1. The molecular weight excluding hydrogens is 576 g/mol. The summed E-state index contributed by atoms with van der Waals surface area (Å²) in [5.74, 6) is -3.96. The molecule has 0 aromatic heterocycles. The van der Waals surface area contributed by atoms with Crippen LogP contribution in [0.15, 0.2) is 103 Å². The summed E-state index contributed by atoms with van der Waals surface area (Å²) in [4.78, 5) is 42.0. The number of rotatable bonds is 11. The first-order chi connectivity index (χ1) is 22.2. The van der Waals surface area contributed by atoms with Crippen LogP contribution in [0.1, 0.15) is 55.4 Å². The lowest BCUT2D eigenvalue weighted by molar-refractivity contribution is -0.150. The van der Waals surface area contributed by atoms with Crippen LogP contribution in [0.5, 0.6) is 5.75 Å². The van der Waals surface area contributed by atoms with Gasteiger partial charge in [0, 0.05) is 30.1 Å². The first-order valence-electron chi connectivity index (χ1n) is 16.0. The van der Waals surface area contributed by atoms with Gasteiger partial charge in [-0.15, -0.1) is 0 Å². The average Bonchev–Trinajstić information content (AvgIpc) is 3.05. The van der Waals surface area contributed by atoms with Crippen molar-refractivity contribution in [3.8, 4) is 5.75 Å². The number of anilines is 2. The average molecular weight is 619 g/mol. The third-order valence-electron chi connectivity index (χ3n) is 8.91. The number of hydrogen-bond acceptors (Lipinski definition) is 5. The van der Waals surface area contributed by atoms with Crippen molar-refractivity contribution >= 4 is 29.0 Å². The van der Waals surface area contributed by atoms with E-state index in [-0.39, 0.29) is 6.42 Å². The Hall–Kier alpha value is -4.75. The standard InChI is InChI=1S/C39H42N2O5/c1-4-27-15-9-11-17-31(27)40-37(43)35-33(42)25-39(3,45)36(38(44)41-32-18-12-10-16-28(32)5-2)34(35)29-19-21-30(22-20-29)46-24-23-26-13-7-6-8-14-26/h6-22,34-36,45H,4-5,23-25H2,1-3H3,(H,40,43)(H,41,44). The zero-order valence-corrected chi connectivity index (χ0v) is 26.7. The number of para-hydroxylation sites is 2. The molecule has 0 spiro atoms. The van der Waals surface area contributed by atoms with Gasteiger partial charge in [-0.05, 0) is 66.3 Å². The van der Waals surface area contributed by atoms with Gasteiger partial charge in [0.25, 0.3) is 0 Å². The van der Waals surface area contributed by atoms with E-state index in [2.05, 4.69) is 10.6 Å². The molecule has 0 radical (unpaired) electrons. The van der Waals surface area contributed by atoms with Crippen molar-refractivity contribution in [3.05, 3.63) is 125 Å². The van der Waals surface area contributed by atoms with Gasteiger partial charge in [-0.25, -0.2) is 0 Å². The molecule has 238 valence electrons. The quantitative estimate of drug-likeness (QED) is 0.161. The van der Waals surface area contributed by atoms with Gasteiger partial charge in [0.05, 0.1) is 18.1 Å². The molecule has 2 amide bonds. The van der Waals surface area contributed by atoms with E-state index in [1.54, 1.807) is 24.3 Å². The number of hydrogen-bond donors (Lipinski definition) is 3. The minimum Gasteiger partial charge on any atom is -0.493 e. The van der Waals surface area contributed by atoms with Crippen molar-refractivity contribution in [2.45, 2.75) is 58.0 Å². The molecule has 7 nitrogen and oxygen atoms in total. The number of carbonyl (C=O) groups is 3. The first-order valence-corrected chi connectivity index (χ1v) is 16.0. The predicted molar refractivity (Wildman–Crippen MR) is 181 cm³/mol. The molecule has 7 heteroatoms. The monoisotopic (exact) mass is 618 g/mol. The Balaban J connectivity index is 1.49. The highest BCUT2D eigenvalue weighted by molar-refractivity contribution is 6.10. The summed E-state index contributed by atoms with van der Waals surface area (Å²) in [7, 11) is 0. The Labute approximate surface area is 271 Å². The summed E-state index contributed by atoms with van der Waals surface area (Å²) in [5.41, 5.74) is 3.21. The van der Waals surface area contributed by atoms with Crippen LogP contribution in [0.2, 0.25) is 0 Å². The van der Waals surface area contributed by atoms with Gasteiger partial charge >= 0.3 is 0 Å². The molecule has 3 N–H and O–H groups in total. The van der Waals surface area contributed by atoms with Gasteiger partial charge in [-0.3, -0.25) is 14.4 Å². The second kappa shape index (κ2) is 14.6. The van der Waals surface area contributed by atoms with Crippen LogP contribution in [0.3, 0.4) is 0 Å². The SMILES string of the molecule is CCc1ccccc1NC(=O)C1C(=O)CC(C)(O)C(C(=O)Nc2ccccc2CC)C1c1ccc(OCCc2ccccc2)cc1. The number of carbonyl (C=O) groups excluding carboxylic acids is 3. The van der Waals surface area contributed by atoms with Gasteiger partial charge in [-0.2, -0.15) is 0 Å². The molecule has 1 saturated carbocycles. The zero-order chi connectivity index (χ0) is 32.7. The Morgan fingerprint density at radius 3 is 1.91 bits per heavy atom. The molecule has 5 rings (SSSR count). The molecule has 4 unspecified atom stereocenters. The number of nitrogens with one attached hydrogen (secondary N) is 2. The Kier molecular flexibility index (Phi) is 10.3. The number of benzene rings is 4. The van der Waals surface area contributed by atoms with Crippen molar-refractivity contribution in [2.24, 2.45) is 11.8 Å². The van der Waals surface area contributed by atoms with Crippen molar-refractivity contribution in [3.63, 3.8) is 0 Å². The zero-order valence-electron chi connectivity index (χ0n) is 26.7. The summed E-state index contributed by atoms with van der Waals surface area (Å²) in [6, 6.07) is 32.2. The summed E-state index contributed by atoms with van der Waals surface area (Å²) < 4.78 is 6.00. The molecule has 4 aromatic carbocycles. The summed E-state index contributed by atoms with van der Waals surface area (Å²) in [6.07, 6.45) is 1.81. The van der Waals surface area contributed by atoms with Crippen LogP contribution in [0, 0.1) is 11.8 Å². The molecule has 0 bridgehead atoms. The van der Waals surface area contributed by atoms with Crippen LogP contribution < -0.4 is 15.4 Å². The molecule has 1 fully saturated rings. The third kappa shape index (κ3) is 7.37. The lowest BCUT2D eigenvalue weighted by Gasteiger charge is -2.44. The minimum atomic E-state index is -1.70. The summed E-state index contributed by atoms with van der Waals surface area (Å²) in [6.45, 7) is 5.98. The molecule has 0 heterocycles. The van der Waals surface area contributed by atoms with E-state index in [1.165, 1.54) is 12.5 Å². The lowest BCUT2D eigenvalue weighted by atomic mass is 9.61. The largest absolute Gasteiger partial charge is 0.493 e. The van der Waals surface area contributed by atoms with Gasteiger partial charge in [0.2, 0.25) is 11.8 Å². The van der Waals surface area contributed by atoms with Crippen LogP contribution in [0.4, 0.5) is 11.4 Å². The van der Waals surface area contributed by atoms with Gasteiger partial charge < -0.3 is 20.5 Å². The second-order valence-electron chi connectivity index (χ2n) is 12.1. The van der Waals surface area contributed by atoms with Crippen LogP contribution in [0.25, 0.3) is 0 Å². The number of ether oxygens (including phenoxy) is 1. The highest BCUT2D eigenvalue weighted by Crippen LogP contribution is 2.47. The topological polar surface area (TPSA) is 105 Å². The number of aliphatic hydroxyl groups is 1. The molecule has 0 saturated heterocycles. The van der Waals surface area contributed by atoms with Crippen LogP contribution >= 0.6 is 0 Å². The second-order valence-corrected chi connectivity index (χ2v) is 12.1. The van der Waals surface area contributed by atoms with E-state index in [1.807, 2.05) is 92.7 Å². The highest BCUT2D eigenvalue weighted by Gasteiger charge is 2.56. The maximum atomic E-state index is 14.2. The third-order valence-corrected chi connectivity index (χ3v) is 8.91. The maximum Gasteiger partial charge on any atom is 0.235 e. The van der Waals surface area contributed by atoms with Gasteiger partial charge in [-0.1, -0.05) is 92.7 Å². The molecule has 1 aliphatic carbocycles. The van der Waals surface area contributed by atoms with Crippen LogP contribution in [-0.4, -0.2) is 34.9 Å². The van der Waals surface area contributed by atoms with E-state index < -0.39 is 41.0 Å². The molecule has 46 heavy (non-hydrogen) atoms. The number of ketones is 1. The molecule has 4 atom stereocenters. The van der Waals surface area contributed by atoms with Crippen molar-refractivity contribution in [2.75, 3.05) is 17.2 Å². The van der Waals surface area contributed by atoms with E-state index in [0.717, 1.165) is 17.5 Å². The molecule has 4 aromatic rings. The summed E-state index contributed by atoms with van der Waals surface area (Å²) >= 11 is 0. The van der Waals surface area contributed by atoms with Crippen molar-refractivity contribution in [1.29, 1.82) is 0 Å². The van der Waals surface area contributed by atoms with Crippen molar-refractivity contribution in [1.82, 2.24) is 0 Å². The molecular formula is C39H42N2O5. The smallest absolute Gasteiger partial charge is 0.235 e. The van der Waals surface area contributed by atoms with E-state index >= 15 is 0 Å². The summed E-state index contributed by atoms with van der Waals surface area (Å²) in [5, 5.41) is 17.7. The normalized spacial score (nSPS) is 21.0. The first kappa shape index (κ1) is 32.6. The van der Waals surface area contributed by atoms with E-state index in [0.29, 0.717) is 42.1 Å². The minimum absolute atomic E-state index is 0.328. The van der Waals surface area contributed by atoms with E-state index in [4.69, 9.17) is 4.74 Å². The van der Waals surface area contributed by atoms with Gasteiger partial charge in [0.1, 0.15) is 17.5 Å². The Morgan fingerprint density at radius 2 is 1.33 bits per heavy atom. The predicted octanol–water partition coefficient (Wildman–Crippen LogP) is 6.75. The van der Waals surface area contributed by atoms with Crippen molar-refractivity contribution < 1.29 is 24.2 Å². The molecule has 0 aliphatic heterocycles. The maximum absolute atomic E-state index is 14.2. The molecule has 1 aliphatic rings. The fourth-order valence-electron chi connectivity index (χ4n) is 6.53. The number of aryl methyl sites for hydroxylation is 2. The van der Waals surface area contributed by atoms with E-state index in [9.17, 15) is 19.5 Å². The Morgan fingerprint density at radius 1 is 0.783 bits per heavy atom.